The Morgan fingerprint density at radius 2 is 2.35 bits per heavy atom. The second-order valence-electron chi connectivity index (χ2n) is 3.82. The number of rotatable bonds is 5. The Morgan fingerprint density at radius 1 is 1.65 bits per heavy atom. The third-order valence-corrected chi connectivity index (χ3v) is 3.87. The van der Waals surface area contributed by atoms with Crippen LogP contribution in [0.25, 0.3) is 0 Å². The highest BCUT2D eigenvalue weighted by atomic mass is 32.2. The molecule has 0 radical (unpaired) electrons. The van der Waals surface area contributed by atoms with Crippen LogP contribution >= 0.6 is 0 Å². The minimum absolute atomic E-state index is 0.0742. The maximum absolute atomic E-state index is 11.7. The normalized spacial score (nSPS) is 14.0. The highest BCUT2D eigenvalue weighted by Gasteiger charge is 2.10. The quantitative estimate of drug-likeness (QED) is 0.804. The molecule has 0 fully saturated rings. The van der Waals surface area contributed by atoms with E-state index in [1.807, 2.05) is 6.92 Å². The lowest BCUT2D eigenvalue weighted by atomic mass is 10.2. The number of pyridine rings is 1. The van der Waals surface area contributed by atoms with Crippen LogP contribution in [0.15, 0.2) is 18.5 Å². The molecule has 1 rings (SSSR count). The van der Waals surface area contributed by atoms with Gasteiger partial charge in [0.1, 0.15) is 0 Å². The van der Waals surface area contributed by atoms with Crippen molar-refractivity contribution in [2.24, 2.45) is 0 Å². The molecule has 5 nitrogen and oxygen atoms in total. The van der Waals surface area contributed by atoms with Crippen molar-refractivity contribution in [2.45, 2.75) is 18.6 Å². The number of hydrogen-bond acceptors (Lipinski definition) is 4. The van der Waals surface area contributed by atoms with E-state index in [0.717, 1.165) is 0 Å². The van der Waals surface area contributed by atoms with Crippen LogP contribution < -0.4 is 11.1 Å². The zero-order valence-corrected chi connectivity index (χ0v) is 10.8. The fraction of sp³-hybridized carbons (Fsp3) is 0.455. The maximum atomic E-state index is 11.7. The van der Waals surface area contributed by atoms with Crippen molar-refractivity contribution in [3.63, 3.8) is 0 Å². The van der Waals surface area contributed by atoms with Gasteiger partial charge in [-0.05, 0) is 12.5 Å². The first-order valence-corrected chi connectivity index (χ1v) is 6.94. The van der Waals surface area contributed by atoms with Crippen LogP contribution in [-0.4, -0.2) is 33.2 Å². The van der Waals surface area contributed by atoms with E-state index in [0.29, 0.717) is 24.2 Å². The molecule has 3 N–H and O–H groups in total. The second-order valence-corrected chi connectivity index (χ2v) is 5.62. The topological polar surface area (TPSA) is 85.1 Å². The number of anilines is 1. The Balaban J connectivity index is 2.46. The van der Waals surface area contributed by atoms with E-state index in [-0.39, 0.29) is 11.2 Å². The summed E-state index contributed by atoms with van der Waals surface area (Å²) in [6, 6.07) is 1.58. The molecule has 0 aliphatic carbocycles. The van der Waals surface area contributed by atoms with Gasteiger partial charge < -0.3 is 11.1 Å². The summed E-state index contributed by atoms with van der Waals surface area (Å²) in [6.07, 6.45) is 5.31. The number of nitrogens with one attached hydrogen (secondary N) is 1. The van der Waals surface area contributed by atoms with Gasteiger partial charge in [-0.25, -0.2) is 0 Å². The van der Waals surface area contributed by atoms with Crippen molar-refractivity contribution < 1.29 is 9.00 Å². The summed E-state index contributed by atoms with van der Waals surface area (Å²) in [6.45, 7) is 2.38. The van der Waals surface area contributed by atoms with Crippen molar-refractivity contribution in [3.05, 3.63) is 24.0 Å². The number of hydrogen-bond donors (Lipinski definition) is 2. The van der Waals surface area contributed by atoms with E-state index < -0.39 is 10.8 Å². The number of nitrogens with zero attached hydrogens (tertiary/aromatic N) is 1. The number of carbonyl (C=O) groups excluding carboxylic acids is 1. The van der Waals surface area contributed by atoms with Crippen molar-refractivity contribution in [2.75, 3.05) is 18.5 Å². The summed E-state index contributed by atoms with van der Waals surface area (Å²) >= 11 is 0. The summed E-state index contributed by atoms with van der Waals surface area (Å²) in [5, 5.41) is 2.82. The number of carbonyl (C=O) groups is 1. The molecule has 1 heterocycles. The molecule has 1 aromatic rings. The summed E-state index contributed by atoms with van der Waals surface area (Å²) in [5.41, 5.74) is 6.41. The van der Waals surface area contributed by atoms with Gasteiger partial charge in [0, 0.05) is 35.0 Å². The average Bonchev–Trinajstić information content (AvgIpc) is 2.29. The fourth-order valence-corrected chi connectivity index (χ4v) is 1.71. The first-order valence-electron chi connectivity index (χ1n) is 5.32. The van der Waals surface area contributed by atoms with Gasteiger partial charge in [-0.1, -0.05) is 6.92 Å². The van der Waals surface area contributed by atoms with E-state index in [2.05, 4.69) is 10.3 Å². The predicted octanol–water partition coefficient (Wildman–Crippen LogP) is 0.551. The minimum Gasteiger partial charge on any atom is -0.397 e. The molecule has 17 heavy (non-hydrogen) atoms. The lowest BCUT2D eigenvalue weighted by Crippen LogP contribution is -2.28. The second kappa shape index (κ2) is 6.34. The van der Waals surface area contributed by atoms with Crippen LogP contribution in [0.4, 0.5) is 5.69 Å². The van der Waals surface area contributed by atoms with E-state index in [9.17, 15) is 9.00 Å². The first kappa shape index (κ1) is 13.6. The first-order chi connectivity index (χ1) is 8.02. The predicted molar refractivity (Wildman–Crippen MR) is 69.1 cm³/mol. The molecule has 94 valence electrons. The maximum Gasteiger partial charge on any atom is 0.253 e. The minimum atomic E-state index is -0.860. The zero-order chi connectivity index (χ0) is 12.8. The molecule has 0 aliphatic heterocycles. The highest BCUT2D eigenvalue weighted by Crippen LogP contribution is 2.08. The Hall–Kier alpha value is -1.43. The Bertz CT molecular complexity index is 423. The van der Waals surface area contributed by atoms with Gasteiger partial charge in [0.25, 0.3) is 5.91 Å². The van der Waals surface area contributed by atoms with Crippen LogP contribution in [0.3, 0.4) is 0 Å². The van der Waals surface area contributed by atoms with Crippen LogP contribution in [0.2, 0.25) is 0 Å². The van der Waals surface area contributed by atoms with Gasteiger partial charge >= 0.3 is 0 Å². The molecular weight excluding hydrogens is 238 g/mol. The molecule has 0 saturated heterocycles. The SMILES string of the molecule is CC(CCNC(=O)c1ccncc1N)S(C)=O. The van der Waals surface area contributed by atoms with Gasteiger partial charge in [-0.3, -0.25) is 14.0 Å². The Morgan fingerprint density at radius 3 is 2.94 bits per heavy atom. The lowest BCUT2D eigenvalue weighted by Gasteiger charge is -2.10. The summed E-state index contributed by atoms with van der Waals surface area (Å²) < 4.78 is 11.1. The van der Waals surface area contributed by atoms with E-state index >= 15 is 0 Å². The Kier molecular flexibility index (Phi) is 5.09. The van der Waals surface area contributed by atoms with Gasteiger partial charge in [0.15, 0.2) is 0 Å². The molecule has 6 heteroatoms. The van der Waals surface area contributed by atoms with Crippen molar-refractivity contribution in [1.29, 1.82) is 0 Å². The Labute approximate surface area is 103 Å². The summed E-state index contributed by atoms with van der Waals surface area (Å²) in [5.74, 6) is -0.223. The summed E-state index contributed by atoms with van der Waals surface area (Å²) in [7, 11) is -0.860. The molecule has 1 aromatic heterocycles. The monoisotopic (exact) mass is 255 g/mol. The van der Waals surface area contributed by atoms with E-state index in [4.69, 9.17) is 5.73 Å². The molecular formula is C11H17N3O2S. The van der Waals surface area contributed by atoms with Crippen LogP contribution in [0, 0.1) is 0 Å². The number of aromatic nitrogens is 1. The van der Waals surface area contributed by atoms with Crippen molar-refractivity contribution in [1.82, 2.24) is 10.3 Å². The van der Waals surface area contributed by atoms with E-state index in [1.165, 1.54) is 12.4 Å². The van der Waals surface area contributed by atoms with Crippen LogP contribution in [0.5, 0.6) is 0 Å². The third-order valence-electron chi connectivity index (χ3n) is 2.50. The number of nitrogens with two attached hydrogens (primary N) is 1. The van der Waals surface area contributed by atoms with E-state index in [1.54, 1.807) is 12.3 Å². The largest absolute Gasteiger partial charge is 0.397 e. The van der Waals surface area contributed by atoms with Crippen LogP contribution in [-0.2, 0) is 10.8 Å². The average molecular weight is 255 g/mol. The standard InChI is InChI=1S/C11H17N3O2S/c1-8(17(2)16)3-6-14-11(15)9-4-5-13-7-10(9)12/h4-5,7-8H,3,6,12H2,1-2H3,(H,14,15). The van der Waals surface area contributed by atoms with Crippen molar-refractivity contribution in [3.8, 4) is 0 Å². The zero-order valence-electron chi connectivity index (χ0n) is 9.97. The van der Waals surface area contributed by atoms with Crippen molar-refractivity contribution >= 4 is 22.4 Å². The molecule has 0 saturated carbocycles. The number of amides is 1. The fourth-order valence-electron chi connectivity index (χ4n) is 1.26. The third kappa shape index (κ3) is 4.14. The smallest absolute Gasteiger partial charge is 0.253 e. The lowest BCUT2D eigenvalue weighted by molar-refractivity contribution is 0.0954. The van der Waals surface area contributed by atoms with Gasteiger partial charge in [0.2, 0.25) is 0 Å². The molecule has 0 spiro atoms. The van der Waals surface area contributed by atoms with Gasteiger partial charge in [-0.2, -0.15) is 0 Å². The summed E-state index contributed by atoms with van der Waals surface area (Å²) in [4.78, 5) is 15.5. The molecule has 1 amide bonds. The van der Waals surface area contributed by atoms with Gasteiger partial charge in [0.05, 0.1) is 17.4 Å². The molecule has 0 aromatic carbocycles. The molecule has 2 unspecified atom stereocenters. The molecule has 0 aliphatic rings. The molecule has 2 atom stereocenters. The van der Waals surface area contributed by atoms with Gasteiger partial charge in [-0.15, -0.1) is 0 Å². The highest BCUT2D eigenvalue weighted by molar-refractivity contribution is 7.84. The van der Waals surface area contributed by atoms with Crippen LogP contribution in [0.1, 0.15) is 23.7 Å². The molecule has 0 bridgehead atoms. The number of nitrogen functional groups attached to an aromatic ring is 1.